The van der Waals surface area contributed by atoms with E-state index in [1.54, 1.807) is 31.2 Å². The van der Waals surface area contributed by atoms with Crippen LogP contribution in [0.4, 0.5) is 5.00 Å². The van der Waals surface area contributed by atoms with Crippen LogP contribution < -0.4 is 15.2 Å². The number of nitrogens with zero attached hydrogens (tertiary/aromatic N) is 1. The van der Waals surface area contributed by atoms with Crippen LogP contribution in [-0.4, -0.2) is 32.3 Å². The van der Waals surface area contributed by atoms with E-state index in [0.717, 1.165) is 11.3 Å². The van der Waals surface area contributed by atoms with Crippen molar-refractivity contribution in [2.45, 2.75) is 20.5 Å². The summed E-state index contributed by atoms with van der Waals surface area (Å²) in [5, 5.41) is 9.47. The molecular weight excluding hydrogens is 408 g/mol. The van der Waals surface area contributed by atoms with Crippen LogP contribution >= 0.6 is 11.3 Å². The third-order valence-corrected chi connectivity index (χ3v) is 4.91. The number of nitrogen functional groups attached to an aromatic ring is 1. The van der Waals surface area contributed by atoms with E-state index in [0.29, 0.717) is 23.7 Å². The zero-order chi connectivity index (χ0) is 22.1. The number of carbonyl (C=O) groups excluding carboxylic acids is 2. The molecule has 0 aliphatic rings. The first kappa shape index (κ1) is 22.8. The molecule has 0 saturated carbocycles. The number of thiophene rings is 1. The smallest absolute Gasteiger partial charge is 0.348 e. The third kappa shape index (κ3) is 5.52. The Bertz CT molecular complexity index is 990. The van der Waals surface area contributed by atoms with E-state index in [4.69, 9.17) is 24.7 Å². The topological polar surface area (TPSA) is 121 Å². The summed E-state index contributed by atoms with van der Waals surface area (Å²) in [6.07, 6.45) is 2.79. The molecule has 2 rings (SSSR count). The van der Waals surface area contributed by atoms with Crippen molar-refractivity contribution in [3.8, 4) is 17.6 Å². The van der Waals surface area contributed by atoms with Gasteiger partial charge in [0.25, 0.3) is 0 Å². The van der Waals surface area contributed by atoms with Gasteiger partial charge in [-0.05, 0) is 37.6 Å². The van der Waals surface area contributed by atoms with Crippen LogP contribution in [0.25, 0.3) is 6.08 Å². The number of ether oxygens (including phenoxy) is 4. The third-order valence-electron chi connectivity index (χ3n) is 3.87. The lowest BCUT2D eigenvalue weighted by Gasteiger charge is -2.09. The quantitative estimate of drug-likeness (QED) is 0.474. The molecule has 8 nitrogen and oxygen atoms in total. The molecule has 0 spiro atoms. The van der Waals surface area contributed by atoms with Gasteiger partial charge in [-0.15, -0.1) is 11.3 Å². The van der Waals surface area contributed by atoms with Gasteiger partial charge in [0.05, 0.1) is 25.9 Å². The second kappa shape index (κ2) is 10.9. The van der Waals surface area contributed by atoms with Crippen LogP contribution in [0.5, 0.6) is 11.5 Å². The van der Waals surface area contributed by atoms with Crippen LogP contribution in [0.1, 0.15) is 40.2 Å². The molecule has 0 unspecified atom stereocenters. The molecule has 0 saturated heterocycles. The van der Waals surface area contributed by atoms with Crippen molar-refractivity contribution in [3.63, 3.8) is 0 Å². The Labute approximate surface area is 178 Å². The van der Waals surface area contributed by atoms with Gasteiger partial charge in [-0.2, -0.15) is 5.26 Å². The predicted molar refractivity (Wildman–Crippen MR) is 112 cm³/mol. The summed E-state index contributed by atoms with van der Waals surface area (Å²) in [7, 11) is 1.53. The van der Waals surface area contributed by atoms with Crippen molar-refractivity contribution < 1.29 is 28.5 Å². The number of carbonyl (C=O) groups is 2. The number of nitriles is 1. The minimum atomic E-state index is -0.647. The van der Waals surface area contributed by atoms with E-state index in [1.807, 2.05) is 13.0 Å². The maximum absolute atomic E-state index is 12.1. The minimum absolute atomic E-state index is 0.107. The number of anilines is 1. The highest BCUT2D eigenvalue weighted by molar-refractivity contribution is 7.18. The molecule has 0 atom stereocenters. The van der Waals surface area contributed by atoms with E-state index < -0.39 is 11.9 Å². The minimum Gasteiger partial charge on any atom is -0.493 e. The van der Waals surface area contributed by atoms with Crippen LogP contribution in [0, 0.1) is 11.3 Å². The maximum Gasteiger partial charge on any atom is 0.348 e. The highest BCUT2D eigenvalue weighted by Crippen LogP contribution is 2.32. The molecule has 2 aromatic rings. The summed E-state index contributed by atoms with van der Waals surface area (Å²) in [5.74, 6) is -0.116. The van der Waals surface area contributed by atoms with E-state index in [-0.39, 0.29) is 34.2 Å². The zero-order valence-corrected chi connectivity index (χ0v) is 17.7. The number of methoxy groups -OCH3 is 1. The SMILES string of the molecule is CCOC(=O)c1sc(N)c(C#N)c1COC(=O)/C=C/c1ccc(OCC)c(OC)c1. The molecule has 0 bridgehead atoms. The Hall–Kier alpha value is -3.51. The number of rotatable bonds is 9. The fourth-order valence-corrected chi connectivity index (χ4v) is 3.44. The second-order valence-corrected chi connectivity index (χ2v) is 6.82. The van der Waals surface area contributed by atoms with E-state index in [1.165, 1.54) is 13.2 Å². The monoisotopic (exact) mass is 430 g/mol. The van der Waals surface area contributed by atoms with Crippen LogP contribution in [-0.2, 0) is 20.9 Å². The van der Waals surface area contributed by atoms with Gasteiger partial charge in [0, 0.05) is 11.6 Å². The fourth-order valence-electron chi connectivity index (χ4n) is 2.52. The highest BCUT2D eigenvalue weighted by Gasteiger charge is 2.23. The number of esters is 2. The predicted octanol–water partition coefficient (Wildman–Crippen LogP) is 3.54. The average molecular weight is 430 g/mol. The summed E-state index contributed by atoms with van der Waals surface area (Å²) in [4.78, 5) is 24.4. The molecule has 1 aromatic carbocycles. The molecule has 0 aliphatic heterocycles. The van der Waals surface area contributed by atoms with Gasteiger partial charge < -0.3 is 24.7 Å². The first-order valence-corrected chi connectivity index (χ1v) is 9.90. The lowest BCUT2D eigenvalue weighted by molar-refractivity contribution is -0.138. The number of nitrogens with two attached hydrogens (primary N) is 1. The first-order valence-electron chi connectivity index (χ1n) is 9.09. The standard InChI is InChI=1S/C21H22N2O6S/c1-4-27-16-8-6-13(10-17(16)26-3)7-9-18(24)29-12-15-14(11-22)20(23)30-19(15)21(25)28-5-2/h6-10H,4-5,12,23H2,1-3H3/b9-7+. The van der Waals surface area contributed by atoms with E-state index in [2.05, 4.69) is 0 Å². The van der Waals surface area contributed by atoms with Gasteiger partial charge in [-0.25, -0.2) is 9.59 Å². The zero-order valence-electron chi connectivity index (χ0n) is 16.9. The average Bonchev–Trinajstić information content (AvgIpc) is 3.07. The van der Waals surface area contributed by atoms with Crippen molar-refractivity contribution in [2.75, 3.05) is 26.1 Å². The van der Waals surface area contributed by atoms with Gasteiger partial charge in [0.1, 0.15) is 22.6 Å². The molecular formula is C21H22N2O6S. The van der Waals surface area contributed by atoms with Crippen LogP contribution in [0.3, 0.4) is 0 Å². The molecule has 9 heteroatoms. The lowest BCUT2D eigenvalue weighted by Crippen LogP contribution is -2.08. The van der Waals surface area contributed by atoms with E-state index in [9.17, 15) is 14.9 Å². The largest absolute Gasteiger partial charge is 0.493 e. The van der Waals surface area contributed by atoms with Crippen molar-refractivity contribution in [1.82, 2.24) is 0 Å². The van der Waals surface area contributed by atoms with Crippen LogP contribution in [0.2, 0.25) is 0 Å². The number of hydrogen-bond acceptors (Lipinski definition) is 9. The molecule has 158 valence electrons. The molecule has 1 heterocycles. The fraction of sp³-hybridized carbons (Fsp3) is 0.286. The molecule has 1 aromatic heterocycles. The van der Waals surface area contributed by atoms with E-state index >= 15 is 0 Å². The Morgan fingerprint density at radius 3 is 2.60 bits per heavy atom. The summed E-state index contributed by atoms with van der Waals surface area (Å²) in [6.45, 7) is 3.94. The van der Waals surface area contributed by atoms with Gasteiger partial charge in [-0.1, -0.05) is 6.07 Å². The summed E-state index contributed by atoms with van der Waals surface area (Å²) in [5.41, 5.74) is 6.85. The molecule has 30 heavy (non-hydrogen) atoms. The Kier molecular flexibility index (Phi) is 8.26. The normalized spacial score (nSPS) is 10.5. The van der Waals surface area contributed by atoms with Gasteiger partial charge in [0.2, 0.25) is 0 Å². The molecule has 2 N–H and O–H groups in total. The molecule has 0 fully saturated rings. The highest BCUT2D eigenvalue weighted by atomic mass is 32.1. The Morgan fingerprint density at radius 1 is 1.20 bits per heavy atom. The summed E-state index contributed by atoms with van der Waals surface area (Å²) >= 11 is 0.931. The van der Waals surface area contributed by atoms with Gasteiger partial charge in [0.15, 0.2) is 11.5 Å². The van der Waals surface area contributed by atoms with Crippen molar-refractivity contribution in [3.05, 3.63) is 45.8 Å². The maximum atomic E-state index is 12.1. The van der Waals surface area contributed by atoms with Gasteiger partial charge in [-0.3, -0.25) is 0 Å². The van der Waals surface area contributed by atoms with Crippen molar-refractivity contribution in [1.29, 1.82) is 5.26 Å². The number of benzene rings is 1. The first-order chi connectivity index (χ1) is 14.4. The Balaban J connectivity index is 2.11. The summed E-state index contributed by atoms with van der Waals surface area (Å²) in [6, 6.07) is 7.17. The van der Waals surface area contributed by atoms with Crippen molar-refractivity contribution in [2.24, 2.45) is 0 Å². The Morgan fingerprint density at radius 2 is 1.97 bits per heavy atom. The second-order valence-electron chi connectivity index (χ2n) is 5.77. The number of hydrogen-bond donors (Lipinski definition) is 1. The summed E-state index contributed by atoms with van der Waals surface area (Å²) < 4.78 is 20.9. The molecule has 0 aliphatic carbocycles. The molecule has 0 radical (unpaired) electrons. The molecule has 0 amide bonds. The van der Waals surface area contributed by atoms with Crippen molar-refractivity contribution >= 4 is 34.4 Å². The lowest BCUT2D eigenvalue weighted by atomic mass is 10.1. The van der Waals surface area contributed by atoms with Crippen LogP contribution in [0.15, 0.2) is 24.3 Å². The van der Waals surface area contributed by atoms with Gasteiger partial charge >= 0.3 is 11.9 Å².